The van der Waals surface area contributed by atoms with Crippen LogP contribution in [0.5, 0.6) is 0 Å². The van der Waals surface area contributed by atoms with Gasteiger partial charge in [-0.15, -0.1) is 11.3 Å². The fraction of sp³-hybridized carbons (Fsp3) is 0.200. The van der Waals surface area contributed by atoms with E-state index < -0.39 is 12.0 Å². The smallest absolute Gasteiger partial charge is 0.161 e. The minimum atomic E-state index is -0.590. The quantitative estimate of drug-likeness (QED) is 0.806. The summed E-state index contributed by atoms with van der Waals surface area (Å²) in [6, 6.07) is 13.0. The lowest BCUT2D eigenvalue weighted by molar-refractivity contribution is 0.921. The van der Waals surface area contributed by atoms with Crippen molar-refractivity contribution in [3.8, 4) is 12.1 Å². The van der Waals surface area contributed by atoms with Crippen molar-refractivity contribution in [3.05, 3.63) is 52.0 Å². The molecule has 4 nitrogen and oxygen atoms in total. The van der Waals surface area contributed by atoms with Gasteiger partial charge in [0.25, 0.3) is 0 Å². The third kappa shape index (κ3) is 3.28. The number of hydrogen-bond donors (Lipinski definition) is 0. The molecule has 1 aromatic heterocycles. The van der Waals surface area contributed by atoms with Crippen LogP contribution in [0.15, 0.2) is 40.7 Å². The summed E-state index contributed by atoms with van der Waals surface area (Å²) in [6.45, 7) is 1.88. The summed E-state index contributed by atoms with van der Waals surface area (Å²) in [4.78, 5) is 8.51. The predicted molar refractivity (Wildman–Crippen MR) is 78.5 cm³/mol. The van der Waals surface area contributed by atoms with Crippen molar-refractivity contribution in [2.75, 3.05) is 0 Å². The third-order valence-corrected chi connectivity index (χ3v) is 3.71. The molecular formula is C15H12N4S. The predicted octanol–water partition coefficient (Wildman–Crippen LogP) is 3.39. The fourth-order valence-corrected chi connectivity index (χ4v) is 2.47. The normalized spacial score (nSPS) is 13.6. The molecule has 20 heavy (non-hydrogen) atoms. The van der Waals surface area contributed by atoms with Crippen molar-refractivity contribution in [1.82, 2.24) is 4.98 Å². The lowest BCUT2D eigenvalue weighted by atomic mass is 10.1. The Morgan fingerprint density at radius 3 is 2.55 bits per heavy atom. The zero-order valence-electron chi connectivity index (χ0n) is 10.9. The maximum absolute atomic E-state index is 9.19. The molecule has 0 fully saturated rings. The number of hydrogen-bond acceptors (Lipinski definition) is 5. The summed E-state index contributed by atoms with van der Waals surface area (Å²) >= 11 is 1.43. The molecule has 0 aliphatic carbocycles. The van der Waals surface area contributed by atoms with Gasteiger partial charge in [0, 0.05) is 17.3 Å². The Bertz CT molecular complexity index is 676. The van der Waals surface area contributed by atoms with E-state index in [1.165, 1.54) is 17.6 Å². The topological polar surface area (TPSA) is 72.8 Å². The number of nitriles is 2. The highest BCUT2D eigenvalue weighted by atomic mass is 32.1. The lowest BCUT2D eigenvalue weighted by Crippen LogP contribution is -1.99. The van der Waals surface area contributed by atoms with Crippen molar-refractivity contribution in [2.24, 2.45) is 4.99 Å². The summed E-state index contributed by atoms with van der Waals surface area (Å²) in [5.41, 5.74) is 1.71. The molecule has 0 radical (unpaired) electrons. The van der Waals surface area contributed by atoms with Crippen molar-refractivity contribution < 1.29 is 0 Å². The molecule has 2 aromatic rings. The number of rotatable bonds is 4. The number of thiazole rings is 1. The molecule has 98 valence electrons. The first kappa shape index (κ1) is 13.9. The van der Waals surface area contributed by atoms with Crippen LogP contribution in [0.1, 0.15) is 28.2 Å². The first-order valence-corrected chi connectivity index (χ1v) is 6.92. The summed E-state index contributed by atoms with van der Waals surface area (Å²) in [5.74, 6) is -0.506. The van der Waals surface area contributed by atoms with Crippen LogP contribution in [-0.2, 0) is 0 Å². The second-order valence-corrected chi connectivity index (χ2v) is 5.06. The van der Waals surface area contributed by atoms with Gasteiger partial charge in [0.05, 0.1) is 12.1 Å². The van der Waals surface area contributed by atoms with Gasteiger partial charge in [-0.3, -0.25) is 4.99 Å². The van der Waals surface area contributed by atoms with Crippen molar-refractivity contribution in [1.29, 1.82) is 10.5 Å². The molecule has 1 aromatic carbocycles. The van der Waals surface area contributed by atoms with Crippen molar-refractivity contribution in [3.63, 3.8) is 0 Å². The van der Waals surface area contributed by atoms with Crippen LogP contribution in [0.25, 0.3) is 0 Å². The Labute approximate surface area is 121 Å². The number of benzene rings is 1. The van der Waals surface area contributed by atoms with Crippen LogP contribution in [0.2, 0.25) is 0 Å². The lowest BCUT2D eigenvalue weighted by Gasteiger charge is -2.04. The molecule has 5 heteroatoms. The van der Waals surface area contributed by atoms with Gasteiger partial charge in [0.2, 0.25) is 0 Å². The number of aromatic nitrogens is 1. The molecule has 0 N–H and O–H groups in total. The van der Waals surface area contributed by atoms with Gasteiger partial charge in [0.1, 0.15) is 10.9 Å². The SMILES string of the molecule is Cc1csc([C@@H](C#N)C=N[C@@H](C#N)c2ccccc2)n1. The van der Waals surface area contributed by atoms with E-state index in [4.69, 9.17) is 0 Å². The van der Waals surface area contributed by atoms with E-state index in [9.17, 15) is 10.5 Å². The van der Waals surface area contributed by atoms with Crippen LogP contribution in [-0.4, -0.2) is 11.2 Å². The van der Waals surface area contributed by atoms with Gasteiger partial charge in [0.15, 0.2) is 6.04 Å². The molecule has 1 heterocycles. The second kappa shape index (κ2) is 6.60. The fourth-order valence-electron chi connectivity index (χ4n) is 1.67. The van der Waals surface area contributed by atoms with Crippen LogP contribution in [0.4, 0.5) is 0 Å². The van der Waals surface area contributed by atoms with Crippen molar-refractivity contribution in [2.45, 2.75) is 18.9 Å². The van der Waals surface area contributed by atoms with E-state index in [0.717, 1.165) is 11.3 Å². The van der Waals surface area contributed by atoms with Gasteiger partial charge in [-0.1, -0.05) is 30.3 Å². The van der Waals surface area contributed by atoms with E-state index in [2.05, 4.69) is 22.1 Å². The Balaban J connectivity index is 2.18. The molecule has 0 aliphatic rings. The average Bonchev–Trinajstić information content (AvgIpc) is 2.91. The molecule has 0 saturated heterocycles. The molecule has 0 unspecified atom stereocenters. The monoisotopic (exact) mass is 280 g/mol. The highest BCUT2D eigenvalue weighted by molar-refractivity contribution is 7.09. The first-order valence-electron chi connectivity index (χ1n) is 6.04. The van der Waals surface area contributed by atoms with Crippen molar-refractivity contribution >= 4 is 17.6 Å². The molecule has 0 aliphatic heterocycles. The summed E-state index contributed by atoms with van der Waals surface area (Å²) in [7, 11) is 0. The minimum Gasteiger partial charge on any atom is -0.272 e. The standard InChI is InChI=1S/C15H12N4S/c1-11-10-20-15(19-11)13(7-16)9-18-14(8-17)12-5-3-2-4-6-12/h2-6,9-10,13-14H,1H3/t13-,14-/m0/s1. The molecule has 2 atom stereocenters. The Morgan fingerprint density at radius 2 is 2.00 bits per heavy atom. The van der Waals surface area contributed by atoms with Crippen LogP contribution in [0, 0.1) is 29.6 Å². The number of nitrogens with zero attached hydrogens (tertiary/aromatic N) is 4. The van der Waals surface area contributed by atoms with E-state index in [1.807, 2.05) is 42.6 Å². The van der Waals surface area contributed by atoms with Gasteiger partial charge in [-0.2, -0.15) is 10.5 Å². The summed E-state index contributed by atoms with van der Waals surface area (Å²) < 4.78 is 0. The molecule has 0 bridgehead atoms. The highest BCUT2D eigenvalue weighted by Gasteiger charge is 2.13. The Morgan fingerprint density at radius 1 is 1.25 bits per heavy atom. The van der Waals surface area contributed by atoms with E-state index in [-0.39, 0.29) is 0 Å². The molecule has 0 amide bonds. The minimum absolute atomic E-state index is 0.506. The summed E-state index contributed by atoms with van der Waals surface area (Å²) in [5, 5.41) is 21.0. The van der Waals surface area contributed by atoms with Gasteiger partial charge in [-0.25, -0.2) is 4.98 Å². The van der Waals surface area contributed by atoms with E-state index >= 15 is 0 Å². The largest absolute Gasteiger partial charge is 0.272 e. The average molecular weight is 280 g/mol. The van der Waals surface area contributed by atoms with E-state index in [1.54, 1.807) is 0 Å². The van der Waals surface area contributed by atoms with Gasteiger partial charge >= 0.3 is 0 Å². The summed E-state index contributed by atoms with van der Waals surface area (Å²) in [6.07, 6.45) is 1.51. The number of aryl methyl sites for hydroxylation is 1. The molecule has 0 spiro atoms. The first-order chi connectivity index (χ1) is 9.74. The molecular weight excluding hydrogens is 268 g/mol. The molecule has 0 saturated carbocycles. The second-order valence-electron chi connectivity index (χ2n) is 4.17. The zero-order valence-corrected chi connectivity index (χ0v) is 11.7. The Kier molecular flexibility index (Phi) is 4.60. The van der Waals surface area contributed by atoms with Gasteiger partial charge < -0.3 is 0 Å². The van der Waals surface area contributed by atoms with Crippen LogP contribution in [0.3, 0.4) is 0 Å². The van der Waals surface area contributed by atoms with E-state index in [0.29, 0.717) is 5.01 Å². The highest BCUT2D eigenvalue weighted by Crippen LogP contribution is 2.20. The van der Waals surface area contributed by atoms with Gasteiger partial charge in [-0.05, 0) is 12.5 Å². The Hall–Kier alpha value is -2.50. The molecule has 2 rings (SSSR count). The van der Waals surface area contributed by atoms with Crippen LogP contribution >= 0.6 is 11.3 Å². The maximum Gasteiger partial charge on any atom is 0.161 e. The zero-order chi connectivity index (χ0) is 14.4. The maximum atomic E-state index is 9.19. The number of aliphatic imine (C=N–C) groups is 1. The van der Waals surface area contributed by atoms with Crippen LogP contribution < -0.4 is 0 Å². The third-order valence-electron chi connectivity index (χ3n) is 2.66.